The Morgan fingerprint density at radius 3 is 2.32 bits per heavy atom. The van der Waals surface area contributed by atoms with E-state index in [1.54, 1.807) is 0 Å². The van der Waals surface area contributed by atoms with Crippen molar-refractivity contribution < 1.29 is 5.11 Å². The monoisotopic (exact) mass is 306 g/mol. The van der Waals surface area contributed by atoms with Crippen LogP contribution in [0.25, 0.3) is 0 Å². The average Bonchev–Trinajstić information content (AvgIpc) is 2.55. The lowest BCUT2D eigenvalue weighted by molar-refractivity contribution is 0.0801. The molecule has 0 amide bonds. The Labute approximate surface area is 136 Å². The van der Waals surface area contributed by atoms with E-state index in [9.17, 15) is 5.11 Å². The van der Waals surface area contributed by atoms with Gasteiger partial charge in [0.05, 0.1) is 6.61 Å². The smallest absolute Gasteiger partial charge is 0.0600 e. The van der Waals surface area contributed by atoms with Crippen molar-refractivity contribution in [1.82, 2.24) is 10.4 Å². The van der Waals surface area contributed by atoms with Crippen LogP contribution in [0, 0.1) is 0 Å². The van der Waals surface area contributed by atoms with Gasteiger partial charge in [-0.05, 0) is 18.4 Å². The van der Waals surface area contributed by atoms with Crippen molar-refractivity contribution in [3.8, 4) is 0 Å². The Bertz CT molecular complexity index is 365. The molecule has 0 spiro atoms. The summed E-state index contributed by atoms with van der Waals surface area (Å²) in [4.78, 5) is 0. The molecular weight excluding hydrogens is 272 g/mol. The van der Waals surface area contributed by atoms with Gasteiger partial charge in [0.25, 0.3) is 0 Å². The molecule has 0 bridgehead atoms. The van der Waals surface area contributed by atoms with E-state index in [0.717, 1.165) is 12.8 Å². The number of hydrogen-bond donors (Lipinski definition) is 2. The van der Waals surface area contributed by atoms with Crippen LogP contribution in [0.4, 0.5) is 0 Å². The van der Waals surface area contributed by atoms with Crippen molar-refractivity contribution in [2.24, 2.45) is 0 Å². The molecule has 0 unspecified atom stereocenters. The lowest BCUT2D eigenvalue weighted by Gasteiger charge is -2.31. The number of aliphatic hydroxyl groups is 1. The molecule has 1 aromatic rings. The van der Waals surface area contributed by atoms with Gasteiger partial charge < -0.3 is 5.11 Å². The summed E-state index contributed by atoms with van der Waals surface area (Å²) in [5.41, 5.74) is 4.93. The van der Waals surface area contributed by atoms with E-state index in [2.05, 4.69) is 54.6 Å². The van der Waals surface area contributed by atoms with Gasteiger partial charge in [-0.25, -0.2) is 10.4 Å². The summed E-state index contributed by atoms with van der Waals surface area (Å²) in [5, 5.41) is 11.6. The zero-order valence-corrected chi connectivity index (χ0v) is 14.6. The van der Waals surface area contributed by atoms with Gasteiger partial charge >= 0.3 is 0 Å². The number of unbranched alkanes of at least 4 members (excludes halogenated alkanes) is 4. The first-order valence-electron chi connectivity index (χ1n) is 8.87. The van der Waals surface area contributed by atoms with Crippen molar-refractivity contribution in [2.75, 3.05) is 13.7 Å². The van der Waals surface area contributed by atoms with Gasteiger partial charge in [-0.1, -0.05) is 76.3 Å². The number of nitrogens with one attached hydrogen (secondary N) is 1. The summed E-state index contributed by atoms with van der Waals surface area (Å²) in [6.45, 7) is 4.56. The average molecular weight is 306 g/mol. The highest BCUT2D eigenvalue weighted by molar-refractivity contribution is 5.18. The molecule has 2 N–H and O–H groups in total. The molecule has 3 heteroatoms. The van der Waals surface area contributed by atoms with Crippen molar-refractivity contribution in [3.63, 3.8) is 0 Å². The van der Waals surface area contributed by atoms with Crippen LogP contribution in [-0.4, -0.2) is 29.8 Å². The molecule has 0 aliphatic carbocycles. The third-order valence-corrected chi connectivity index (χ3v) is 4.39. The minimum atomic E-state index is 0.173. The molecule has 0 saturated carbocycles. The van der Waals surface area contributed by atoms with Crippen molar-refractivity contribution in [3.05, 3.63) is 35.9 Å². The second-order valence-corrected chi connectivity index (χ2v) is 6.15. The fourth-order valence-electron chi connectivity index (χ4n) is 2.82. The highest BCUT2D eigenvalue weighted by Crippen LogP contribution is 2.21. The van der Waals surface area contributed by atoms with E-state index in [4.69, 9.17) is 0 Å². The number of rotatable bonds is 12. The van der Waals surface area contributed by atoms with Gasteiger partial charge in [0, 0.05) is 19.1 Å². The molecule has 0 aliphatic rings. The molecule has 0 fully saturated rings. The molecule has 0 aliphatic heterocycles. The summed E-state index contributed by atoms with van der Waals surface area (Å²) < 4.78 is 0. The molecule has 126 valence electrons. The third kappa shape index (κ3) is 6.91. The van der Waals surface area contributed by atoms with Crippen LogP contribution in [0.1, 0.15) is 70.4 Å². The van der Waals surface area contributed by atoms with E-state index in [1.165, 1.54) is 37.7 Å². The van der Waals surface area contributed by atoms with Crippen LogP contribution in [-0.2, 0) is 0 Å². The Morgan fingerprint density at radius 1 is 1.05 bits per heavy atom. The van der Waals surface area contributed by atoms with E-state index in [0.29, 0.717) is 6.04 Å². The fraction of sp³-hybridized carbons (Fsp3) is 0.684. The van der Waals surface area contributed by atoms with Crippen LogP contribution >= 0.6 is 0 Å². The molecule has 0 heterocycles. The molecule has 3 nitrogen and oxygen atoms in total. The summed E-state index contributed by atoms with van der Waals surface area (Å²) in [6, 6.07) is 11.2. The lowest BCUT2D eigenvalue weighted by Crippen LogP contribution is -2.46. The first-order valence-corrected chi connectivity index (χ1v) is 8.87. The lowest BCUT2D eigenvalue weighted by atomic mass is 10.0. The zero-order chi connectivity index (χ0) is 16.2. The maximum atomic E-state index is 9.47. The predicted octanol–water partition coefficient (Wildman–Crippen LogP) is 4.30. The number of aliphatic hydroxyl groups excluding tert-OH is 1. The van der Waals surface area contributed by atoms with Gasteiger partial charge in [0.1, 0.15) is 0 Å². The summed E-state index contributed by atoms with van der Waals surface area (Å²) in [6.07, 6.45) is 8.60. The molecule has 2 atom stereocenters. The Morgan fingerprint density at radius 2 is 1.73 bits per heavy atom. The Kier molecular flexibility index (Phi) is 10.1. The van der Waals surface area contributed by atoms with E-state index in [1.807, 2.05) is 7.05 Å². The largest absolute Gasteiger partial charge is 0.395 e. The maximum absolute atomic E-state index is 9.47. The third-order valence-electron chi connectivity index (χ3n) is 4.39. The summed E-state index contributed by atoms with van der Waals surface area (Å²) in [5.74, 6) is 0. The zero-order valence-electron chi connectivity index (χ0n) is 14.6. The molecular formula is C19H34N2O. The van der Waals surface area contributed by atoms with Gasteiger partial charge in [0.2, 0.25) is 0 Å². The minimum absolute atomic E-state index is 0.173. The number of nitrogens with zero attached hydrogens (tertiary/aromatic N) is 1. The molecule has 0 aromatic heterocycles. The van der Waals surface area contributed by atoms with Gasteiger partial charge in [0.15, 0.2) is 0 Å². The molecule has 22 heavy (non-hydrogen) atoms. The molecule has 0 radical (unpaired) electrons. The summed E-state index contributed by atoms with van der Waals surface area (Å²) >= 11 is 0. The van der Waals surface area contributed by atoms with Crippen molar-refractivity contribution in [1.29, 1.82) is 0 Å². The second kappa shape index (κ2) is 11.6. The molecule has 0 saturated heterocycles. The van der Waals surface area contributed by atoms with Crippen LogP contribution in [0.5, 0.6) is 0 Å². The predicted molar refractivity (Wildman–Crippen MR) is 94.6 cm³/mol. The van der Waals surface area contributed by atoms with Crippen LogP contribution in [0.3, 0.4) is 0 Å². The maximum Gasteiger partial charge on any atom is 0.0600 e. The highest BCUT2D eigenvalue weighted by atomic mass is 16.3. The van der Waals surface area contributed by atoms with Crippen molar-refractivity contribution >= 4 is 0 Å². The standard InChI is InChI=1S/C19H34N2O/c1-4-6-7-8-12-15-19(17-13-10-9-11-14-17)20-21(3)18(5-2)16-22/h9-11,13-14,18-20,22H,4-8,12,15-16H2,1-3H3/t18-,19-/m1/s1. The van der Waals surface area contributed by atoms with E-state index >= 15 is 0 Å². The van der Waals surface area contributed by atoms with E-state index < -0.39 is 0 Å². The van der Waals surface area contributed by atoms with Crippen LogP contribution in [0.2, 0.25) is 0 Å². The van der Waals surface area contributed by atoms with Crippen molar-refractivity contribution in [2.45, 2.75) is 70.9 Å². The number of hydrazine groups is 1. The number of benzene rings is 1. The quantitative estimate of drug-likeness (QED) is 0.446. The van der Waals surface area contributed by atoms with E-state index in [-0.39, 0.29) is 12.6 Å². The summed E-state index contributed by atoms with van der Waals surface area (Å²) in [7, 11) is 2.04. The molecule has 1 aromatic carbocycles. The fourth-order valence-corrected chi connectivity index (χ4v) is 2.82. The van der Waals surface area contributed by atoms with Crippen LogP contribution in [0.15, 0.2) is 30.3 Å². The molecule has 1 rings (SSSR count). The highest BCUT2D eigenvalue weighted by Gasteiger charge is 2.17. The van der Waals surface area contributed by atoms with Gasteiger partial charge in [-0.15, -0.1) is 0 Å². The minimum Gasteiger partial charge on any atom is -0.395 e. The second-order valence-electron chi connectivity index (χ2n) is 6.15. The van der Waals surface area contributed by atoms with Gasteiger partial charge in [-0.3, -0.25) is 0 Å². The first-order chi connectivity index (χ1) is 10.7. The van der Waals surface area contributed by atoms with Crippen LogP contribution < -0.4 is 5.43 Å². The number of likely N-dealkylation sites (N-methyl/N-ethyl adjacent to an activating group) is 1. The normalized spacial score (nSPS) is 14.2. The number of hydrogen-bond acceptors (Lipinski definition) is 3. The topological polar surface area (TPSA) is 35.5 Å². The Balaban J connectivity index is 2.58. The van der Waals surface area contributed by atoms with Gasteiger partial charge in [-0.2, -0.15) is 0 Å². The first kappa shape index (κ1) is 19.1. The SMILES string of the molecule is CCCCCCC[C@@H](NN(C)[C@H](CC)CO)c1ccccc1. The Hall–Kier alpha value is -0.900.